The first-order valence-corrected chi connectivity index (χ1v) is 8.54. The predicted octanol–water partition coefficient (Wildman–Crippen LogP) is 2.96. The van der Waals surface area contributed by atoms with Crippen LogP contribution in [0.2, 0.25) is 0 Å². The van der Waals surface area contributed by atoms with Crippen molar-refractivity contribution in [3.63, 3.8) is 0 Å². The molecule has 0 bridgehead atoms. The maximum absolute atomic E-state index is 12.9. The Bertz CT molecular complexity index is 392. The van der Waals surface area contributed by atoms with E-state index in [0.717, 1.165) is 19.5 Å². The van der Waals surface area contributed by atoms with Crippen LogP contribution in [0.15, 0.2) is 4.76 Å². The summed E-state index contributed by atoms with van der Waals surface area (Å²) in [5, 5.41) is 0. The largest absolute Gasteiger partial charge is 0.457 e. The highest BCUT2D eigenvalue weighted by Gasteiger charge is 2.34. The van der Waals surface area contributed by atoms with Crippen molar-refractivity contribution in [3.8, 4) is 0 Å². The second-order valence-electron chi connectivity index (χ2n) is 6.42. The number of rotatable bonds is 4. The lowest BCUT2D eigenvalue weighted by Crippen LogP contribution is -2.46. The van der Waals surface area contributed by atoms with Crippen LogP contribution in [0.3, 0.4) is 0 Å². The third-order valence-electron chi connectivity index (χ3n) is 2.62. The van der Waals surface area contributed by atoms with E-state index in [2.05, 4.69) is 4.76 Å². The summed E-state index contributed by atoms with van der Waals surface area (Å²) >= 11 is 0. The third-order valence-corrected chi connectivity index (χ3v) is 4.51. The molecule has 1 aliphatic heterocycles. The maximum Gasteiger partial charge on any atom is 0.457 e. The molecule has 0 radical (unpaired) electrons. The van der Waals surface area contributed by atoms with Gasteiger partial charge in [-0.05, 0) is 41.0 Å². The van der Waals surface area contributed by atoms with Crippen LogP contribution >= 0.6 is 7.75 Å². The van der Waals surface area contributed by atoms with Gasteiger partial charge in [-0.2, -0.15) is 0 Å². The summed E-state index contributed by atoms with van der Waals surface area (Å²) in [5.41, 5.74) is -0.583. The zero-order chi connectivity index (χ0) is 15.6. The van der Waals surface area contributed by atoms with Crippen molar-refractivity contribution in [1.29, 1.82) is 0 Å². The Morgan fingerprint density at radius 3 is 2.10 bits per heavy atom. The Morgan fingerprint density at radius 2 is 1.70 bits per heavy atom. The van der Waals surface area contributed by atoms with Crippen LogP contribution in [0.5, 0.6) is 0 Å². The van der Waals surface area contributed by atoms with Gasteiger partial charge >= 0.3 is 7.75 Å². The average molecular weight is 305 g/mol. The smallest absolute Gasteiger partial charge is 0.345 e. The molecule has 1 aliphatic rings. The molecule has 0 spiro atoms. The van der Waals surface area contributed by atoms with Gasteiger partial charge in [0.2, 0.25) is 5.96 Å². The molecule has 0 aliphatic carbocycles. The first-order chi connectivity index (χ1) is 9.02. The summed E-state index contributed by atoms with van der Waals surface area (Å²) < 4.78 is 28.4. The Hall–Kier alpha value is -0.580. The number of hydrogen-bond acceptors (Lipinski definition) is 3. The molecule has 1 heterocycles. The fourth-order valence-corrected chi connectivity index (χ4v) is 3.86. The summed E-state index contributed by atoms with van der Waals surface area (Å²) in [7, 11) is 0.336. The standard InChI is InChI=1S/C13H28N3O3P/c1-11(2)18-20(17,19-13(3,4)5)14-12-15(6)9-8-10-16(12)7/h11H,8-10H2,1-7H3. The lowest BCUT2D eigenvalue weighted by Gasteiger charge is -2.35. The van der Waals surface area contributed by atoms with Crippen molar-refractivity contribution in [3.05, 3.63) is 0 Å². The Labute approximate surface area is 122 Å². The molecular formula is C13H28N3O3P. The minimum Gasteiger partial charge on any atom is -0.345 e. The highest BCUT2D eigenvalue weighted by atomic mass is 31.2. The molecule has 1 fully saturated rings. The van der Waals surface area contributed by atoms with Crippen LogP contribution in [0.4, 0.5) is 0 Å². The molecule has 20 heavy (non-hydrogen) atoms. The van der Waals surface area contributed by atoms with Crippen molar-refractivity contribution < 1.29 is 13.6 Å². The van der Waals surface area contributed by atoms with Gasteiger partial charge in [0.25, 0.3) is 0 Å². The fraction of sp³-hybridized carbons (Fsp3) is 0.923. The SMILES string of the molecule is CC(C)OP(=O)(N=C1N(C)CCCN1C)OC(C)(C)C. The van der Waals surface area contributed by atoms with Gasteiger partial charge in [0.1, 0.15) is 0 Å². The van der Waals surface area contributed by atoms with Crippen molar-refractivity contribution in [2.75, 3.05) is 27.2 Å². The quantitative estimate of drug-likeness (QED) is 0.747. The van der Waals surface area contributed by atoms with Crippen molar-refractivity contribution in [2.24, 2.45) is 4.76 Å². The van der Waals surface area contributed by atoms with Crippen molar-refractivity contribution in [2.45, 2.75) is 52.7 Å². The van der Waals surface area contributed by atoms with Gasteiger partial charge in [0.15, 0.2) is 0 Å². The van der Waals surface area contributed by atoms with Crippen LogP contribution < -0.4 is 0 Å². The zero-order valence-electron chi connectivity index (χ0n) is 13.7. The molecule has 0 aromatic carbocycles. The van der Waals surface area contributed by atoms with Gasteiger partial charge in [-0.1, -0.05) is 0 Å². The lowest BCUT2D eigenvalue weighted by molar-refractivity contribution is 0.0822. The molecule has 0 amide bonds. The topological polar surface area (TPSA) is 54.4 Å². The van der Waals surface area contributed by atoms with Crippen molar-refractivity contribution >= 4 is 13.7 Å². The van der Waals surface area contributed by atoms with E-state index in [0.29, 0.717) is 5.96 Å². The molecule has 0 N–H and O–H groups in total. The molecule has 7 heteroatoms. The molecule has 1 unspecified atom stereocenters. The van der Waals surface area contributed by atoms with Gasteiger partial charge in [0, 0.05) is 27.2 Å². The van der Waals surface area contributed by atoms with Gasteiger partial charge in [-0.3, -0.25) is 9.05 Å². The molecule has 0 aromatic rings. The summed E-state index contributed by atoms with van der Waals surface area (Å²) in [6.07, 6.45) is 0.841. The van der Waals surface area contributed by atoms with Gasteiger partial charge in [-0.25, -0.2) is 4.57 Å². The van der Waals surface area contributed by atoms with E-state index in [-0.39, 0.29) is 6.10 Å². The predicted molar refractivity (Wildman–Crippen MR) is 82.0 cm³/mol. The maximum atomic E-state index is 12.9. The second kappa shape index (κ2) is 6.46. The normalized spacial score (nSPS) is 20.3. The van der Waals surface area contributed by atoms with E-state index >= 15 is 0 Å². The average Bonchev–Trinajstić information content (AvgIpc) is 2.19. The van der Waals surface area contributed by atoms with E-state index in [1.165, 1.54) is 0 Å². The van der Waals surface area contributed by atoms with E-state index in [9.17, 15) is 4.57 Å². The molecule has 0 aromatic heterocycles. The van der Waals surface area contributed by atoms with Crippen molar-refractivity contribution in [1.82, 2.24) is 9.80 Å². The van der Waals surface area contributed by atoms with Crippen LogP contribution in [0.1, 0.15) is 41.0 Å². The second-order valence-corrected chi connectivity index (χ2v) is 7.95. The van der Waals surface area contributed by atoms with E-state index in [4.69, 9.17) is 9.05 Å². The Kier molecular flexibility index (Phi) is 5.64. The van der Waals surface area contributed by atoms with Crippen LogP contribution in [0.25, 0.3) is 0 Å². The van der Waals surface area contributed by atoms with E-state index in [1.54, 1.807) is 0 Å². The van der Waals surface area contributed by atoms with Crippen LogP contribution in [-0.2, 0) is 13.6 Å². The minimum atomic E-state index is -3.54. The molecule has 118 valence electrons. The molecule has 1 saturated heterocycles. The van der Waals surface area contributed by atoms with E-state index < -0.39 is 13.3 Å². The monoisotopic (exact) mass is 305 g/mol. The zero-order valence-corrected chi connectivity index (χ0v) is 14.6. The minimum absolute atomic E-state index is 0.216. The third kappa shape index (κ3) is 5.43. The Morgan fingerprint density at radius 1 is 1.20 bits per heavy atom. The highest BCUT2D eigenvalue weighted by Crippen LogP contribution is 2.54. The van der Waals surface area contributed by atoms with E-state index in [1.807, 2.05) is 58.5 Å². The number of guanidine groups is 1. The molecule has 6 nitrogen and oxygen atoms in total. The first-order valence-electron chi connectivity index (χ1n) is 7.04. The van der Waals surface area contributed by atoms with Gasteiger partial charge < -0.3 is 9.80 Å². The number of hydrogen-bond donors (Lipinski definition) is 0. The number of nitrogens with zero attached hydrogens (tertiary/aromatic N) is 3. The summed E-state index contributed by atoms with van der Waals surface area (Å²) in [6, 6.07) is 0. The molecule has 1 atom stereocenters. The highest BCUT2D eigenvalue weighted by molar-refractivity contribution is 7.52. The first kappa shape index (κ1) is 17.5. The summed E-state index contributed by atoms with van der Waals surface area (Å²) in [4.78, 5) is 3.96. The van der Waals surface area contributed by atoms with Gasteiger partial charge in [0.05, 0.1) is 11.7 Å². The summed E-state index contributed by atoms with van der Waals surface area (Å²) in [5.74, 6) is 0.657. The Balaban J connectivity index is 3.07. The van der Waals surface area contributed by atoms with Gasteiger partial charge in [-0.15, -0.1) is 4.76 Å². The van der Waals surface area contributed by atoms with Crippen LogP contribution in [-0.4, -0.2) is 54.6 Å². The molecule has 1 rings (SSSR count). The fourth-order valence-electron chi connectivity index (χ4n) is 1.98. The van der Waals surface area contributed by atoms with Crippen LogP contribution in [0, 0.1) is 0 Å². The molecular weight excluding hydrogens is 277 g/mol. The molecule has 0 saturated carbocycles. The summed E-state index contributed by atoms with van der Waals surface area (Å²) in [6.45, 7) is 11.0. The lowest BCUT2D eigenvalue weighted by atomic mass is 10.2.